The molecule has 2 rings (SSSR count). The normalized spacial score (nSPS) is 10.3. The highest BCUT2D eigenvalue weighted by atomic mass is 15.1. The Labute approximate surface area is 136 Å². The summed E-state index contributed by atoms with van der Waals surface area (Å²) in [6.07, 6.45) is 8.25. The largest absolute Gasteiger partial charge is 0.478 e. The summed E-state index contributed by atoms with van der Waals surface area (Å²) in [4.78, 5) is 6.11. The lowest BCUT2D eigenvalue weighted by molar-refractivity contribution is 1.22. The van der Waals surface area contributed by atoms with Gasteiger partial charge in [0.2, 0.25) is 0 Å². The Morgan fingerprint density at radius 3 is 1.48 bits per heavy atom. The van der Waals surface area contributed by atoms with Crippen molar-refractivity contribution in [3.63, 3.8) is 0 Å². The Morgan fingerprint density at radius 2 is 1.13 bits per heavy atom. The molecule has 23 heavy (non-hydrogen) atoms. The van der Waals surface area contributed by atoms with Gasteiger partial charge in [-0.25, -0.2) is 11.6 Å². The topological polar surface area (TPSA) is 32.8 Å². The van der Waals surface area contributed by atoms with Crippen LogP contribution in [-0.4, -0.2) is 6.67 Å². The van der Waals surface area contributed by atoms with E-state index in [4.69, 9.17) is 13.1 Å². The van der Waals surface area contributed by atoms with Gasteiger partial charge in [0.15, 0.2) is 0 Å². The van der Waals surface area contributed by atoms with Crippen molar-refractivity contribution >= 4 is 23.5 Å². The first-order valence-corrected chi connectivity index (χ1v) is 6.90. The molecule has 4 nitrogen and oxygen atoms in total. The highest BCUT2D eigenvalue weighted by Gasteiger charge is 1.91. The fraction of sp³-hybridized carbons (Fsp3) is 0.0526. The zero-order chi connectivity index (χ0) is 16.3. The van der Waals surface area contributed by atoms with Crippen LogP contribution in [0, 0.1) is 25.5 Å². The maximum Gasteiger partial charge on any atom is 0.0864 e. The molecule has 0 bridgehead atoms. The molecule has 0 heterocycles. The lowest BCUT2D eigenvalue weighted by Gasteiger charge is -2.12. The van der Waals surface area contributed by atoms with Crippen LogP contribution < -0.4 is 10.6 Å². The first-order valence-electron chi connectivity index (χ1n) is 6.90. The second-order valence-corrected chi connectivity index (χ2v) is 4.54. The Balaban J connectivity index is 1.83. The number of hydrogen-bond donors (Lipinski definition) is 2. The summed E-state index contributed by atoms with van der Waals surface area (Å²) >= 11 is 0. The first kappa shape index (κ1) is 15.9. The van der Waals surface area contributed by atoms with E-state index in [0.717, 1.165) is 22.5 Å². The molecule has 0 aliphatic carbocycles. The number of anilines is 2. The van der Waals surface area contributed by atoms with Gasteiger partial charge in [-0.15, -0.1) is 0 Å². The SMILES string of the molecule is [C-]#[N+][C-]=Cc1ccc(NCNc2ccc(C=[C-][N+]#[C-])cc2)cc1. The van der Waals surface area contributed by atoms with Gasteiger partial charge < -0.3 is 20.3 Å². The monoisotopic (exact) mass is 298 g/mol. The van der Waals surface area contributed by atoms with Crippen LogP contribution in [0.4, 0.5) is 11.4 Å². The van der Waals surface area contributed by atoms with Gasteiger partial charge >= 0.3 is 0 Å². The fourth-order valence-corrected chi connectivity index (χ4v) is 1.86. The molecule has 2 aromatic carbocycles. The minimum Gasteiger partial charge on any atom is -0.478 e. The van der Waals surface area contributed by atoms with Gasteiger partial charge in [-0.3, -0.25) is 6.57 Å². The van der Waals surface area contributed by atoms with E-state index in [1.165, 1.54) is 0 Å². The van der Waals surface area contributed by atoms with Crippen LogP contribution in [0.3, 0.4) is 0 Å². The van der Waals surface area contributed by atoms with Crippen molar-refractivity contribution in [2.45, 2.75) is 0 Å². The van der Waals surface area contributed by atoms with Gasteiger partial charge in [-0.05, 0) is 18.7 Å². The van der Waals surface area contributed by atoms with Gasteiger partial charge in [0, 0.05) is 11.4 Å². The van der Waals surface area contributed by atoms with Crippen molar-refractivity contribution in [2.75, 3.05) is 17.3 Å². The van der Waals surface area contributed by atoms with E-state index in [1.54, 1.807) is 12.2 Å². The minimum atomic E-state index is 0.590. The molecule has 2 aromatic rings. The third kappa shape index (κ3) is 5.41. The Morgan fingerprint density at radius 1 is 0.739 bits per heavy atom. The molecule has 0 fully saturated rings. The third-order valence-electron chi connectivity index (χ3n) is 3.00. The maximum absolute atomic E-state index is 6.66. The van der Waals surface area contributed by atoms with E-state index in [9.17, 15) is 0 Å². The van der Waals surface area contributed by atoms with Crippen LogP contribution in [0.25, 0.3) is 21.8 Å². The lowest BCUT2D eigenvalue weighted by atomic mass is 10.2. The van der Waals surface area contributed by atoms with E-state index in [0.29, 0.717) is 6.67 Å². The third-order valence-corrected chi connectivity index (χ3v) is 3.00. The second kappa shape index (κ2) is 8.71. The molecule has 0 radical (unpaired) electrons. The summed E-state index contributed by atoms with van der Waals surface area (Å²) in [5.41, 5.74) is 3.87. The van der Waals surface area contributed by atoms with Crippen LogP contribution in [0.5, 0.6) is 0 Å². The number of nitrogens with zero attached hydrogens (tertiary/aromatic N) is 2. The lowest BCUT2D eigenvalue weighted by Crippen LogP contribution is -2.11. The second-order valence-electron chi connectivity index (χ2n) is 4.54. The smallest absolute Gasteiger partial charge is 0.0864 e. The average Bonchev–Trinajstić information content (AvgIpc) is 2.60. The number of hydrogen-bond acceptors (Lipinski definition) is 2. The molecule has 0 unspecified atom stereocenters. The molecule has 4 heteroatoms. The molecular formula is C19H14N4-2. The molecule has 0 saturated carbocycles. The van der Waals surface area contributed by atoms with Gasteiger partial charge in [0.1, 0.15) is 0 Å². The zero-order valence-corrected chi connectivity index (χ0v) is 12.4. The quantitative estimate of drug-likeness (QED) is 0.605. The predicted octanol–water partition coefficient (Wildman–Crippen LogP) is 4.55. The van der Waals surface area contributed by atoms with E-state index in [1.807, 2.05) is 48.5 Å². The highest BCUT2D eigenvalue weighted by molar-refractivity contribution is 5.56. The summed E-state index contributed by atoms with van der Waals surface area (Å²) in [7, 11) is 0. The van der Waals surface area contributed by atoms with Crippen molar-refractivity contribution in [1.82, 2.24) is 0 Å². The summed E-state index contributed by atoms with van der Waals surface area (Å²) < 4.78 is 0. The van der Waals surface area contributed by atoms with E-state index < -0.39 is 0 Å². The van der Waals surface area contributed by atoms with Crippen LogP contribution in [0.2, 0.25) is 0 Å². The number of rotatable bonds is 6. The molecule has 0 saturated heterocycles. The molecule has 0 aromatic heterocycles. The average molecular weight is 298 g/mol. The van der Waals surface area contributed by atoms with Gasteiger partial charge in [-0.2, -0.15) is 18.2 Å². The minimum absolute atomic E-state index is 0.590. The maximum atomic E-state index is 6.66. The number of nitrogens with one attached hydrogen (secondary N) is 2. The summed E-state index contributed by atoms with van der Waals surface area (Å²) in [6.45, 7) is 13.9. The van der Waals surface area contributed by atoms with Gasteiger partial charge in [-0.1, -0.05) is 36.0 Å². The van der Waals surface area contributed by atoms with Crippen molar-refractivity contribution in [3.8, 4) is 0 Å². The first-order chi connectivity index (χ1) is 11.3. The van der Waals surface area contributed by atoms with Crippen molar-refractivity contribution in [3.05, 3.63) is 94.9 Å². The molecule has 0 atom stereocenters. The van der Waals surface area contributed by atoms with E-state index in [2.05, 4.69) is 32.7 Å². The van der Waals surface area contributed by atoms with Crippen LogP contribution in [-0.2, 0) is 0 Å². The van der Waals surface area contributed by atoms with Crippen molar-refractivity contribution in [2.24, 2.45) is 0 Å². The zero-order valence-electron chi connectivity index (χ0n) is 12.4. The van der Waals surface area contributed by atoms with Crippen LogP contribution in [0.1, 0.15) is 11.1 Å². The molecule has 112 valence electrons. The molecular weight excluding hydrogens is 284 g/mol. The summed E-state index contributed by atoms with van der Waals surface area (Å²) in [5.74, 6) is 0. The summed E-state index contributed by atoms with van der Waals surface area (Å²) in [5, 5.41) is 6.52. The van der Waals surface area contributed by atoms with Crippen molar-refractivity contribution < 1.29 is 0 Å². The number of benzene rings is 2. The van der Waals surface area contributed by atoms with Crippen molar-refractivity contribution in [1.29, 1.82) is 0 Å². The molecule has 0 amide bonds. The fourth-order valence-electron chi connectivity index (χ4n) is 1.86. The van der Waals surface area contributed by atoms with E-state index in [-0.39, 0.29) is 0 Å². The van der Waals surface area contributed by atoms with Crippen LogP contribution >= 0.6 is 0 Å². The van der Waals surface area contributed by atoms with Crippen LogP contribution in [0.15, 0.2) is 48.5 Å². The van der Waals surface area contributed by atoms with Gasteiger partial charge in [0.25, 0.3) is 0 Å². The van der Waals surface area contributed by atoms with E-state index >= 15 is 0 Å². The standard InChI is InChI=1S/C19H14N4/c1-20-13-11-16-3-7-18(8-4-16)22-15-23-19-9-5-17(6-10-19)12-14-21-2/h3-12,22-23H,15H2/q-2. The Bertz CT molecular complexity index is 690. The molecule has 0 aliphatic heterocycles. The Kier molecular flexibility index (Phi) is 6.02. The highest BCUT2D eigenvalue weighted by Crippen LogP contribution is 2.12. The molecule has 2 N–H and O–H groups in total. The summed E-state index contributed by atoms with van der Waals surface area (Å²) in [6, 6.07) is 15.5. The molecule has 0 spiro atoms. The Hall–Kier alpha value is -3.50. The predicted molar refractivity (Wildman–Crippen MR) is 93.6 cm³/mol. The molecule has 0 aliphatic rings. The van der Waals surface area contributed by atoms with Gasteiger partial charge in [0.05, 0.1) is 12.9 Å².